The second-order valence-electron chi connectivity index (χ2n) is 6.42. The molecule has 0 bridgehead atoms. The molecule has 1 atom stereocenters. The third-order valence-corrected chi connectivity index (χ3v) is 4.57. The summed E-state index contributed by atoms with van der Waals surface area (Å²) in [6.07, 6.45) is -2.89. The van der Waals surface area contributed by atoms with Crippen LogP contribution in [0.1, 0.15) is 41.8 Å². The van der Waals surface area contributed by atoms with Gasteiger partial charge in [-0.15, -0.1) is 0 Å². The van der Waals surface area contributed by atoms with E-state index in [2.05, 4.69) is 10.3 Å². The van der Waals surface area contributed by atoms with Crippen molar-refractivity contribution in [3.8, 4) is 11.8 Å². The monoisotopic (exact) mass is 385 g/mol. The topological polar surface area (TPSA) is 57.9 Å². The molecule has 0 aliphatic rings. The number of ether oxygens (including phenoxy) is 1. The van der Waals surface area contributed by atoms with Gasteiger partial charge in [-0.3, -0.25) is 0 Å². The summed E-state index contributed by atoms with van der Waals surface area (Å²) >= 11 is 0. The fraction of sp³-hybridized carbons (Fsp3) is 0.238. The number of methoxy groups -OCH3 is 1. The van der Waals surface area contributed by atoms with Gasteiger partial charge in [-0.2, -0.15) is 5.26 Å². The van der Waals surface area contributed by atoms with E-state index in [1.165, 1.54) is 12.1 Å². The highest BCUT2D eigenvalue weighted by Gasteiger charge is 2.20. The largest absolute Gasteiger partial charge is 0.496 e. The first-order chi connectivity index (χ1) is 13.3. The van der Waals surface area contributed by atoms with E-state index in [9.17, 15) is 18.4 Å². The van der Waals surface area contributed by atoms with Gasteiger partial charge >= 0.3 is 0 Å². The highest BCUT2D eigenvalue weighted by atomic mass is 19.3. The Balaban J connectivity index is 2.08. The molecular formula is C21H18F3N3O. The average molecular weight is 385 g/mol. The number of alkyl halides is 2. The number of hydrogen-bond donors (Lipinski definition) is 1. The van der Waals surface area contributed by atoms with Gasteiger partial charge in [-0.25, -0.2) is 18.2 Å². The van der Waals surface area contributed by atoms with Crippen molar-refractivity contribution in [3.05, 3.63) is 64.6 Å². The number of nitriles is 1. The first-order valence-corrected chi connectivity index (χ1v) is 8.58. The van der Waals surface area contributed by atoms with Crippen LogP contribution in [0.3, 0.4) is 0 Å². The maximum Gasteiger partial charge on any atom is 0.266 e. The number of aryl methyl sites for hydroxylation is 1. The van der Waals surface area contributed by atoms with Crippen molar-refractivity contribution in [2.75, 3.05) is 12.4 Å². The smallest absolute Gasteiger partial charge is 0.266 e. The molecule has 1 heterocycles. The van der Waals surface area contributed by atoms with Gasteiger partial charge in [0.15, 0.2) is 0 Å². The summed E-state index contributed by atoms with van der Waals surface area (Å²) < 4.78 is 45.8. The molecule has 1 aromatic heterocycles. The van der Waals surface area contributed by atoms with E-state index in [-0.39, 0.29) is 11.3 Å². The van der Waals surface area contributed by atoms with Gasteiger partial charge < -0.3 is 10.1 Å². The summed E-state index contributed by atoms with van der Waals surface area (Å²) in [6.45, 7) is 3.54. The molecule has 0 unspecified atom stereocenters. The van der Waals surface area contributed by atoms with E-state index in [0.717, 1.165) is 17.0 Å². The summed E-state index contributed by atoms with van der Waals surface area (Å²) in [5.41, 5.74) is 1.62. The zero-order valence-corrected chi connectivity index (χ0v) is 15.6. The Hall–Kier alpha value is -3.27. The lowest BCUT2D eigenvalue weighted by molar-refractivity contribution is 0.146. The fourth-order valence-corrected chi connectivity index (χ4v) is 3.14. The molecule has 0 radical (unpaired) electrons. The Labute approximate surface area is 160 Å². The third-order valence-electron chi connectivity index (χ3n) is 4.57. The second kappa shape index (κ2) is 7.77. The van der Waals surface area contributed by atoms with Crippen LogP contribution in [0.2, 0.25) is 0 Å². The summed E-state index contributed by atoms with van der Waals surface area (Å²) in [6, 6.07) is 10.4. The molecule has 144 valence electrons. The number of rotatable bonds is 5. The molecule has 0 saturated heterocycles. The summed E-state index contributed by atoms with van der Waals surface area (Å²) in [4.78, 5) is 4.28. The van der Waals surface area contributed by atoms with Crippen molar-refractivity contribution in [2.45, 2.75) is 26.3 Å². The average Bonchev–Trinajstić information content (AvgIpc) is 2.67. The molecule has 0 aliphatic carbocycles. The number of benzene rings is 2. The molecule has 3 rings (SSSR count). The standard InChI is InChI=1S/C21H18F3N3O/c1-11-7-16-17(8-13(10-25)27-18(16)9-19(11)28-3)26-12(2)14-5-4-6-15(20(14)22)21(23)24/h4-9,12,21H,1-3H3,(H,26,27)/t12-/m1/s1. The molecule has 2 aromatic carbocycles. The van der Waals surface area contributed by atoms with Crippen LogP contribution in [0, 0.1) is 24.1 Å². The predicted molar refractivity (Wildman–Crippen MR) is 101 cm³/mol. The second-order valence-corrected chi connectivity index (χ2v) is 6.42. The van der Waals surface area contributed by atoms with Crippen LogP contribution in [-0.4, -0.2) is 12.1 Å². The molecule has 3 aromatic rings. The minimum absolute atomic E-state index is 0.117. The van der Waals surface area contributed by atoms with Crippen molar-refractivity contribution < 1.29 is 17.9 Å². The van der Waals surface area contributed by atoms with Crippen molar-refractivity contribution in [2.24, 2.45) is 0 Å². The fourth-order valence-electron chi connectivity index (χ4n) is 3.14. The van der Waals surface area contributed by atoms with E-state index < -0.39 is 23.8 Å². The first-order valence-electron chi connectivity index (χ1n) is 8.58. The van der Waals surface area contributed by atoms with E-state index in [1.54, 1.807) is 26.2 Å². The molecule has 4 nitrogen and oxygen atoms in total. The molecule has 0 aliphatic heterocycles. The Morgan fingerprint density at radius 3 is 2.54 bits per heavy atom. The lowest BCUT2D eigenvalue weighted by Gasteiger charge is -2.19. The van der Waals surface area contributed by atoms with Crippen molar-refractivity contribution in [1.29, 1.82) is 5.26 Å². The molecule has 0 fully saturated rings. The number of fused-ring (bicyclic) bond motifs is 1. The van der Waals surface area contributed by atoms with Crippen molar-refractivity contribution in [1.82, 2.24) is 4.98 Å². The molecule has 0 saturated carbocycles. The van der Waals surface area contributed by atoms with Crippen molar-refractivity contribution in [3.63, 3.8) is 0 Å². The molecule has 0 amide bonds. The SMILES string of the molecule is COc1cc2nc(C#N)cc(N[C@H](C)c3cccc(C(F)F)c3F)c2cc1C. The number of nitrogens with one attached hydrogen (secondary N) is 1. The number of halogens is 3. The quantitative estimate of drug-likeness (QED) is 0.614. The van der Waals surface area contributed by atoms with Crippen LogP contribution in [0.4, 0.5) is 18.9 Å². The lowest BCUT2D eigenvalue weighted by atomic mass is 10.0. The van der Waals surface area contributed by atoms with E-state index in [0.29, 0.717) is 17.0 Å². The maximum atomic E-state index is 14.5. The number of anilines is 1. The number of hydrogen-bond acceptors (Lipinski definition) is 4. The number of pyridine rings is 1. The van der Waals surface area contributed by atoms with Crippen LogP contribution in [0.15, 0.2) is 36.4 Å². The predicted octanol–water partition coefficient (Wildman–Crippen LogP) is 5.67. The Morgan fingerprint density at radius 2 is 1.89 bits per heavy atom. The highest BCUT2D eigenvalue weighted by molar-refractivity contribution is 5.93. The zero-order chi connectivity index (χ0) is 20.4. The molecule has 0 spiro atoms. The molecule has 1 N–H and O–H groups in total. The molecule has 28 heavy (non-hydrogen) atoms. The Kier molecular flexibility index (Phi) is 5.41. The van der Waals surface area contributed by atoms with Gasteiger partial charge in [-0.1, -0.05) is 18.2 Å². The minimum atomic E-state index is -2.89. The van der Waals surface area contributed by atoms with Gasteiger partial charge in [0, 0.05) is 22.7 Å². The number of aromatic nitrogens is 1. The van der Waals surface area contributed by atoms with Gasteiger partial charge in [0.05, 0.1) is 24.2 Å². The molecular weight excluding hydrogens is 367 g/mol. The Bertz CT molecular complexity index is 1080. The van der Waals surface area contributed by atoms with Gasteiger partial charge in [0.2, 0.25) is 0 Å². The third kappa shape index (κ3) is 3.58. The van der Waals surface area contributed by atoms with Crippen LogP contribution in [0.25, 0.3) is 10.9 Å². The lowest BCUT2D eigenvalue weighted by Crippen LogP contribution is -2.11. The zero-order valence-electron chi connectivity index (χ0n) is 15.6. The number of nitrogens with zero attached hydrogens (tertiary/aromatic N) is 2. The van der Waals surface area contributed by atoms with Crippen molar-refractivity contribution >= 4 is 16.6 Å². The Morgan fingerprint density at radius 1 is 1.18 bits per heavy atom. The van der Waals surface area contributed by atoms with E-state index in [1.807, 2.05) is 19.1 Å². The highest BCUT2D eigenvalue weighted by Crippen LogP contribution is 2.33. The van der Waals surface area contributed by atoms with Crippen LogP contribution < -0.4 is 10.1 Å². The molecule has 7 heteroatoms. The van der Waals surface area contributed by atoms with Gasteiger partial charge in [0.25, 0.3) is 6.43 Å². The van der Waals surface area contributed by atoms with E-state index >= 15 is 0 Å². The normalized spacial score (nSPS) is 12.1. The minimum Gasteiger partial charge on any atom is -0.496 e. The van der Waals surface area contributed by atoms with Crippen LogP contribution in [0.5, 0.6) is 5.75 Å². The first kappa shape index (κ1) is 19.5. The van der Waals surface area contributed by atoms with Crippen LogP contribution in [-0.2, 0) is 0 Å². The van der Waals surface area contributed by atoms with Crippen LogP contribution >= 0.6 is 0 Å². The van der Waals surface area contributed by atoms with Gasteiger partial charge in [-0.05, 0) is 31.5 Å². The summed E-state index contributed by atoms with van der Waals surface area (Å²) in [7, 11) is 1.54. The summed E-state index contributed by atoms with van der Waals surface area (Å²) in [5, 5.41) is 13.1. The maximum absolute atomic E-state index is 14.5. The summed E-state index contributed by atoms with van der Waals surface area (Å²) in [5.74, 6) is -0.306. The van der Waals surface area contributed by atoms with E-state index in [4.69, 9.17) is 4.74 Å². The van der Waals surface area contributed by atoms with Gasteiger partial charge in [0.1, 0.15) is 23.3 Å².